The molecule has 12 nitrogen and oxygen atoms in total. The topological polar surface area (TPSA) is 136 Å². The lowest BCUT2D eigenvalue weighted by Gasteiger charge is -2.16. The number of hydrogen-bond acceptors (Lipinski definition) is 8. The molecule has 0 bridgehead atoms. The van der Waals surface area contributed by atoms with Crippen LogP contribution < -0.4 is 0 Å². The summed E-state index contributed by atoms with van der Waals surface area (Å²) in [4.78, 5) is 53.6. The van der Waals surface area contributed by atoms with E-state index in [2.05, 4.69) is 20.6 Å². The number of rotatable bonds is 9. The fourth-order valence-electron chi connectivity index (χ4n) is 5.31. The van der Waals surface area contributed by atoms with Gasteiger partial charge in [-0.05, 0) is 37.1 Å². The van der Waals surface area contributed by atoms with Crippen LogP contribution in [0.25, 0.3) is 22.1 Å². The van der Waals surface area contributed by atoms with Crippen molar-refractivity contribution in [3.05, 3.63) is 48.5 Å². The minimum atomic E-state index is -0.669. The van der Waals surface area contributed by atoms with Gasteiger partial charge in [-0.1, -0.05) is 47.5 Å². The van der Waals surface area contributed by atoms with Crippen LogP contribution in [-0.2, 0) is 19.2 Å². The summed E-state index contributed by atoms with van der Waals surface area (Å²) < 4.78 is 3.07. The van der Waals surface area contributed by atoms with Gasteiger partial charge < -0.3 is 0 Å². The number of hydrogen-bond donors (Lipinski definition) is 0. The zero-order valence-electron chi connectivity index (χ0n) is 20.6. The fourth-order valence-corrected chi connectivity index (χ4v) is 5.31. The van der Waals surface area contributed by atoms with Crippen LogP contribution in [0.2, 0.25) is 0 Å². The Balaban J connectivity index is 0.979. The average molecular weight is 515 g/mol. The van der Waals surface area contributed by atoms with Crippen LogP contribution in [-0.4, -0.2) is 76.5 Å². The number of fused-ring (bicyclic) bond motifs is 2. The van der Waals surface area contributed by atoms with Crippen LogP contribution in [0.15, 0.2) is 48.5 Å². The van der Waals surface area contributed by atoms with Crippen molar-refractivity contribution in [3.8, 4) is 0 Å². The molecule has 0 N–H and O–H groups in total. The zero-order chi connectivity index (χ0) is 26.2. The Morgan fingerprint density at radius 3 is 1.47 bits per heavy atom. The molecular weight excluding hydrogens is 488 g/mol. The number of aromatic nitrogens is 6. The van der Waals surface area contributed by atoms with Crippen molar-refractivity contribution in [2.24, 2.45) is 0 Å². The van der Waals surface area contributed by atoms with Gasteiger partial charge in [0.05, 0.1) is 23.9 Å². The first-order chi connectivity index (χ1) is 18.5. The number of carbonyl (C=O) groups excluding carboxylic acids is 4. The van der Waals surface area contributed by atoms with Gasteiger partial charge in [0.15, 0.2) is 0 Å². The van der Waals surface area contributed by atoms with E-state index in [1.807, 2.05) is 48.5 Å². The van der Waals surface area contributed by atoms with Crippen molar-refractivity contribution in [3.63, 3.8) is 0 Å². The maximum absolute atomic E-state index is 13.0. The maximum atomic E-state index is 13.0. The van der Waals surface area contributed by atoms with Crippen molar-refractivity contribution in [2.75, 3.05) is 13.1 Å². The van der Waals surface area contributed by atoms with Crippen LogP contribution in [0, 0.1) is 0 Å². The highest BCUT2D eigenvalue weighted by atomic mass is 16.2. The second-order valence-electron chi connectivity index (χ2n) is 9.67. The number of benzene rings is 2. The number of unbranched alkanes of at least 4 members (excludes halogenated alkanes) is 3. The van der Waals surface area contributed by atoms with E-state index in [4.69, 9.17) is 0 Å². The first-order valence-corrected chi connectivity index (χ1v) is 12.8. The molecule has 2 fully saturated rings. The van der Waals surface area contributed by atoms with Gasteiger partial charge in [-0.15, -0.1) is 10.2 Å². The molecule has 0 saturated carbocycles. The van der Waals surface area contributed by atoms with Gasteiger partial charge in [-0.3, -0.25) is 29.0 Å². The van der Waals surface area contributed by atoms with Gasteiger partial charge in [0.1, 0.15) is 23.1 Å². The summed E-state index contributed by atoms with van der Waals surface area (Å²) in [6, 6.07) is 13.4. The monoisotopic (exact) mass is 514 g/mol. The van der Waals surface area contributed by atoms with E-state index in [1.54, 1.807) is 0 Å². The molecule has 12 heteroatoms. The van der Waals surface area contributed by atoms with Crippen molar-refractivity contribution in [1.29, 1.82) is 0 Å². The predicted molar refractivity (Wildman–Crippen MR) is 134 cm³/mol. The van der Waals surface area contributed by atoms with Gasteiger partial charge in [0.25, 0.3) is 11.8 Å². The van der Waals surface area contributed by atoms with Crippen molar-refractivity contribution >= 4 is 45.7 Å². The molecule has 2 atom stereocenters. The highest BCUT2D eigenvalue weighted by molar-refractivity contribution is 6.05. The first kappa shape index (κ1) is 23.9. The lowest BCUT2D eigenvalue weighted by atomic mass is 10.2. The number of carbonyl (C=O) groups is 4. The van der Waals surface area contributed by atoms with Gasteiger partial charge >= 0.3 is 0 Å². The number of amides is 4. The maximum Gasteiger partial charge on any atom is 0.254 e. The first-order valence-electron chi connectivity index (χ1n) is 12.8. The SMILES string of the molecule is O=C1CC(n2nnc3ccccc32)C(=O)N1CCCCCCN1C(=O)CC(n2nnc3ccccc32)C1=O. The molecule has 2 aliphatic heterocycles. The third-order valence-electron chi connectivity index (χ3n) is 7.30. The molecule has 2 unspecified atom stereocenters. The molecule has 6 rings (SSSR count). The molecule has 0 spiro atoms. The second-order valence-corrected chi connectivity index (χ2v) is 9.67. The van der Waals surface area contributed by atoms with Crippen LogP contribution in [0.3, 0.4) is 0 Å². The van der Waals surface area contributed by atoms with Gasteiger partial charge in [-0.2, -0.15) is 0 Å². The molecule has 4 heterocycles. The van der Waals surface area contributed by atoms with Crippen molar-refractivity contribution in [2.45, 2.75) is 50.6 Å². The third-order valence-corrected chi connectivity index (χ3v) is 7.30. The van der Waals surface area contributed by atoms with Crippen LogP contribution in [0.1, 0.15) is 50.6 Å². The molecule has 2 aliphatic rings. The van der Waals surface area contributed by atoms with Crippen LogP contribution >= 0.6 is 0 Å². The molecule has 4 amide bonds. The Bertz CT molecular complexity index is 1440. The Morgan fingerprint density at radius 2 is 1.03 bits per heavy atom. The van der Waals surface area contributed by atoms with E-state index in [1.165, 1.54) is 19.2 Å². The Hall–Kier alpha value is -4.48. The molecule has 0 radical (unpaired) electrons. The molecule has 2 aromatic heterocycles. The second kappa shape index (κ2) is 9.77. The minimum Gasteiger partial charge on any atom is -0.281 e. The van der Waals surface area contributed by atoms with Gasteiger partial charge in [0.2, 0.25) is 11.8 Å². The van der Waals surface area contributed by atoms with E-state index in [0.29, 0.717) is 37.0 Å². The zero-order valence-corrected chi connectivity index (χ0v) is 20.6. The molecule has 38 heavy (non-hydrogen) atoms. The van der Waals surface area contributed by atoms with E-state index in [-0.39, 0.29) is 36.5 Å². The van der Waals surface area contributed by atoms with E-state index >= 15 is 0 Å². The van der Waals surface area contributed by atoms with E-state index < -0.39 is 12.1 Å². The molecule has 194 valence electrons. The highest BCUT2D eigenvalue weighted by Gasteiger charge is 2.41. The largest absolute Gasteiger partial charge is 0.281 e. The lowest BCUT2D eigenvalue weighted by molar-refractivity contribution is -0.141. The molecular formula is C26H26N8O4. The lowest BCUT2D eigenvalue weighted by Crippen LogP contribution is -2.33. The summed E-state index contributed by atoms with van der Waals surface area (Å²) in [5.74, 6) is -0.935. The summed E-state index contributed by atoms with van der Waals surface area (Å²) in [5.41, 5.74) is 2.82. The third kappa shape index (κ3) is 4.11. The van der Waals surface area contributed by atoms with E-state index in [0.717, 1.165) is 23.9 Å². The van der Waals surface area contributed by atoms with E-state index in [9.17, 15) is 19.2 Å². The molecule has 0 aliphatic carbocycles. The van der Waals surface area contributed by atoms with Crippen LogP contribution in [0.4, 0.5) is 0 Å². The Morgan fingerprint density at radius 1 is 0.605 bits per heavy atom. The number of imide groups is 2. The number of likely N-dealkylation sites (tertiary alicyclic amines) is 2. The number of para-hydroxylation sites is 2. The molecule has 2 saturated heterocycles. The smallest absolute Gasteiger partial charge is 0.254 e. The predicted octanol–water partition coefficient (Wildman–Crippen LogP) is 2.04. The minimum absolute atomic E-state index is 0.0770. The van der Waals surface area contributed by atoms with Crippen molar-refractivity contribution < 1.29 is 19.2 Å². The highest BCUT2D eigenvalue weighted by Crippen LogP contribution is 2.29. The molecule has 2 aromatic carbocycles. The summed E-state index contributed by atoms with van der Waals surface area (Å²) in [6.45, 7) is 0.674. The van der Waals surface area contributed by atoms with Gasteiger partial charge in [0, 0.05) is 13.1 Å². The summed E-state index contributed by atoms with van der Waals surface area (Å²) in [6.07, 6.45) is 2.99. The summed E-state index contributed by atoms with van der Waals surface area (Å²) in [5, 5.41) is 16.4. The Kier molecular flexibility index (Phi) is 6.14. The van der Waals surface area contributed by atoms with Gasteiger partial charge in [-0.25, -0.2) is 9.36 Å². The quantitative estimate of drug-likeness (QED) is 0.244. The Labute approximate surface area is 217 Å². The van der Waals surface area contributed by atoms with Crippen LogP contribution in [0.5, 0.6) is 0 Å². The number of nitrogens with zero attached hydrogens (tertiary/aromatic N) is 8. The summed E-state index contributed by atoms with van der Waals surface area (Å²) >= 11 is 0. The fraction of sp³-hybridized carbons (Fsp3) is 0.385. The average Bonchev–Trinajstić information content (AvgIpc) is 3.67. The molecule has 4 aromatic rings. The van der Waals surface area contributed by atoms with Crippen molar-refractivity contribution in [1.82, 2.24) is 39.8 Å². The normalized spacial score (nSPS) is 20.1. The standard InChI is InChI=1S/C26H26N8O4/c35-23-15-21(33-19-11-5-3-9-17(19)27-29-33)25(37)31(23)13-7-1-2-8-14-32-24(36)16-22(26(32)38)34-20-12-6-4-10-18(20)28-30-34/h3-6,9-12,21-22H,1-2,7-8,13-16H2. The summed E-state index contributed by atoms with van der Waals surface area (Å²) in [7, 11) is 0.